The molecule has 1 aliphatic heterocycles. The Hall–Kier alpha value is -1.85. The number of hydrogen-bond donors (Lipinski definition) is 1. The van der Waals surface area contributed by atoms with E-state index in [0.717, 1.165) is 54.1 Å². The van der Waals surface area contributed by atoms with Gasteiger partial charge in [0.1, 0.15) is 5.75 Å². The highest BCUT2D eigenvalue weighted by Crippen LogP contribution is 2.40. The fraction of sp³-hybridized carbons (Fsp3) is 0.444. The molecule has 2 aliphatic rings. The van der Waals surface area contributed by atoms with Crippen LogP contribution in [-0.4, -0.2) is 49.1 Å². The zero-order valence-electron chi connectivity index (χ0n) is 13.7. The molecule has 128 valence electrons. The monoisotopic (exact) mass is 347 g/mol. The second-order valence-electron chi connectivity index (χ2n) is 6.29. The van der Waals surface area contributed by atoms with Gasteiger partial charge in [0.25, 0.3) is 5.91 Å². The molecule has 1 saturated carbocycles. The van der Waals surface area contributed by atoms with Crippen molar-refractivity contribution in [1.82, 2.24) is 15.2 Å². The molecule has 5 nitrogen and oxygen atoms in total. The Morgan fingerprint density at radius 3 is 2.67 bits per heavy atom. The number of ether oxygens (including phenoxy) is 1. The molecular weight excluding hydrogens is 326 g/mol. The second kappa shape index (κ2) is 6.95. The number of hydrogen-bond acceptors (Lipinski definition) is 4. The Labute approximate surface area is 147 Å². The summed E-state index contributed by atoms with van der Waals surface area (Å²) in [7, 11) is 1.64. The van der Waals surface area contributed by atoms with Crippen molar-refractivity contribution in [2.24, 2.45) is 0 Å². The smallest absolute Gasteiger partial charge is 0.254 e. The highest BCUT2D eigenvalue weighted by molar-refractivity contribution is 6.06. The van der Waals surface area contributed by atoms with Gasteiger partial charge in [-0.25, -0.2) is 0 Å². The number of pyridine rings is 1. The number of methoxy groups -OCH3 is 1. The molecule has 0 unspecified atom stereocenters. The number of benzene rings is 1. The minimum atomic E-state index is 0. The third-order valence-electron chi connectivity index (χ3n) is 4.67. The molecule has 2 aromatic rings. The number of carbonyl (C=O) groups is 1. The number of amides is 1. The average Bonchev–Trinajstić information content (AvgIpc) is 3.45. The zero-order chi connectivity index (χ0) is 15.8. The Bertz CT molecular complexity index is 755. The third kappa shape index (κ3) is 3.19. The number of nitrogens with one attached hydrogen (secondary N) is 1. The van der Waals surface area contributed by atoms with Gasteiger partial charge in [0.05, 0.1) is 18.2 Å². The van der Waals surface area contributed by atoms with Crippen molar-refractivity contribution in [3.8, 4) is 5.75 Å². The Kier molecular flexibility index (Phi) is 4.92. The predicted octanol–water partition coefficient (Wildman–Crippen LogP) is 2.59. The lowest BCUT2D eigenvalue weighted by Gasteiger charge is -2.28. The lowest BCUT2D eigenvalue weighted by atomic mass is 10.0. The van der Waals surface area contributed by atoms with E-state index in [1.807, 2.05) is 29.2 Å². The topological polar surface area (TPSA) is 54.5 Å². The predicted molar refractivity (Wildman–Crippen MR) is 96.3 cm³/mol. The lowest BCUT2D eigenvalue weighted by Crippen LogP contribution is -2.46. The molecule has 4 rings (SSSR count). The van der Waals surface area contributed by atoms with Crippen LogP contribution in [-0.2, 0) is 0 Å². The van der Waals surface area contributed by atoms with Crippen LogP contribution in [0.4, 0.5) is 0 Å². The molecule has 1 N–H and O–H groups in total. The molecule has 0 spiro atoms. The fourth-order valence-corrected chi connectivity index (χ4v) is 3.16. The Balaban J connectivity index is 0.00000169. The van der Waals surface area contributed by atoms with Gasteiger partial charge in [-0.15, -0.1) is 12.4 Å². The summed E-state index contributed by atoms with van der Waals surface area (Å²) >= 11 is 0. The summed E-state index contributed by atoms with van der Waals surface area (Å²) in [6, 6.07) is 7.79. The number of fused-ring (bicyclic) bond motifs is 1. The molecule has 1 aromatic carbocycles. The zero-order valence-corrected chi connectivity index (χ0v) is 14.6. The van der Waals surface area contributed by atoms with Crippen molar-refractivity contribution in [2.75, 3.05) is 33.3 Å². The van der Waals surface area contributed by atoms with Crippen molar-refractivity contribution in [3.63, 3.8) is 0 Å². The molecule has 0 radical (unpaired) electrons. The van der Waals surface area contributed by atoms with Gasteiger partial charge >= 0.3 is 0 Å². The molecule has 0 atom stereocenters. The molecule has 0 bridgehead atoms. The van der Waals surface area contributed by atoms with E-state index in [1.54, 1.807) is 7.11 Å². The standard InChI is InChI=1S/C18H21N3O2.ClH/c1-23-13-4-5-16-14(10-13)15(11-17(20-16)12-2-3-12)18(22)21-8-6-19-7-9-21;/h4-5,10-12,19H,2-3,6-9H2,1H3;1H. The Morgan fingerprint density at radius 2 is 2.00 bits per heavy atom. The van der Waals surface area contributed by atoms with E-state index >= 15 is 0 Å². The van der Waals surface area contributed by atoms with Gasteiger partial charge in [0, 0.05) is 43.2 Å². The van der Waals surface area contributed by atoms with E-state index < -0.39 is 0 Å². The molecule has 1 amide bonds. The van der Waals surface area contributed by atoms with Gasteiger partial charge in [-0.1, -0.05) is 0 Å². The van der Waals surface area contributed by atoms with Crippen molar-refractivity contribution in [2.45, 2.75) is 18.8 Å². The van der Waals surface area contributed by atoms with Crippen LogP contribution in [0.2, 0.25) is 0 Å². The van der Waals surface area contributed by atoms with E-state index in [2.05, 4.69) is 5.32 Å². The molecule has 1 aliphatic carbocycles. The van der Waals surface area contributed by atoms with Crippen LogP contribution in [0.25, 0.3) is 10.9 Å². The lowest BCUT2D eigenvalue weighted by molar-refractivity contribution is 0.0737. The number of nitrogens with zero attached hydrogens (tertiary/aromatic N) is 2. The molecular formula is C18H22ClN3O2. The minimum absolute atomic E-state index is 0. The summed E-state index contributed by atoms with van der Waals surface area (Å²) in [4.78, 5) is 19.7. The second-order valence-corrected chi connectivity index (χ2v) is 6.29. The van der Waals surface area contributed by atoms with Crippen LogP contribution in [0.15, 0.2) is 24.3 Å². The Morgan fingerprint density at radius 1 is 1.25 bits per heavy atom. The van der Waals surface area contributed by atoms with Gasteiger partial charge in [0.2, 0.25) is 0 Å². The maximum Gasteiger partial charge on any atom is 0.254 e. The molecule has 2 fully saturated rings. The van der Waals surface area contributed by atoms with Gasteiger partial charge in [0.15, 0.2) is 0 Å². The number of piperazine rings is 1. The van der Waals surface area contributed by atoms with Gasteiger partial charge in [-0.2, -0.15) is 0 Å². The number of rotatable bonds is 3. The number of aromatic nitrogens is 1. The maximum absolute atomic E-state index is 13.0. The first-order valence-electron chi connectivity index (χ1n) is 8.25. The van der Waals surface area contributed by atoms with Gasteiger partial charge in [-0.05, 0) is 37.1 Å². The SMILES string of the molecule is COc1ccc2nc(C3CC3)cc(C(=O)N3CCNCC3)c2c1.Cl. The normalized spacial score (nSPS) is 17.5. The van der Waals surface area contributed by atoms with Crippen molar-refractivity contribution < 1.29 is 9.53 Å². The summed E-state index contributed by atoms with van der Waals surface area (Å²) in [5, 5.41) is 4.18. The molecule has 24 heavy (non-hydrogen) atoms. The summed E-state index contributed by atoms with van der Waals surface area (Å²) in [6.45, 7) is 3.22. The van der Waals surface area contributed by atoms with Gasteiger partial charge < -0.3 is 15.0 Å². The summed E-state index contributed by atoms with van der Waals surface area (Å²) in [6.07, 6.45) is 2.35. The molecule has 2 heterocycles. The largest absolute Gasteiger partial charge is 0.497 e. The van der Waals surface area contributed by atoms with E-state index in [4.69, 9.17) is 9.72 Å². The van der Waals surface area contributed by atoms with E-state index in [0.29, 0.717) is 5.92 Å². The van der Waals surface area contributed by atoms with Gasteiger partial charge in [-0.3, -0.25) is 9.78 Å². The summed E-state index contributed by atoms with van der Waals surface area (Å²) in [5.41, 5.74) is 2.70. The third-order valence-corrected chi connectivity index (χ3v) is 4.67. The maximum atomic E-state index is 13.0. The van der Waals surface area contributed by atoms with Crippen molar-refractivity contribution in [1.29, 1.82) is 0 Å². The first-order valence-corrected chi connectivity index (χ1v) is 8.25. The number of halogens is 1. The number of carbonyl (C=O) groups excluding carboxylic acids is 1. The van der Waals surface area contributed by atoms with Crippen LogP contribution < -0.4 is 10.1 Å². The molecule has 1 aromatic heterocycles. The molecule has 1 saturated heterocycles. The highest BCUT2D eigenvalue weighted by Gasteiger charge is 2.28. The van der Waals surface area contributed by atoms with Crippen molar-refractivity contribution >= 4 is 29.2 Å². The van der Waals surface area contributed by atoms with Crippen LogP contribution in [0, 0.1) is 0 Å². The van der Waals surface area contributed by atoms with E-state index in [9.17, 15) is 4.79 Å². The average molecular weight is 348 g/mol. The van der Waals surface area contributed by atoms with E-state index in [-0.39, 0.29) is 18.3 Å². The first-order chi connectivity index (χ1) is 11.3. The van der Waals surface area contributed by atoms with Crippen LogP contribution in [0.1, 0.15) is 34.8 Å². The first kappa shape index (κ1) is 17.0. The van der Waals surface area contributed by atoms with Crippen LogP contribution in [0.3, 0.4) is 0 Å². The van der Waals surface area contributed by atoms with Crippen LogP contribution >= 0.6 is 12.4 Å². The van der Waals surface area contributed by atoms with Crippen LogP contribution in [0.5, 0.6) is 5.75 Å². The minimum Gasteiger partial charge on any atom is -0.497 e. The van der Waals surface area contributed by atoms with E-state index in [1.165, 1.54) is 12.8 Å². The molecule has 6 heteroatoms. The highest BCUT2D eigenvalue weighted by atomic mass is 35.5. The fourth-order valence-electron chi connectivity index (χ4n) is 3.16. The summed E-state index contributed by atoms with van der Waals surface area (Å²) < 4.78 is 5.33. The van der Waals surface area contributed by atoms with Crippen molar-refractivity contribution in [3.05, 3.63) is 35.5 Å². The quantitative estimate of drug-likeness (QED) is 0.927. The summed E-state index contributed by atoms with van der Waals surface area (Å²) in [5.74, 6) is 1.39.